The molecule has 76 valence electrons. The molecule has 1 aliphatic rings. The summed E-state index contributed by atoms with van der Waals surface area (Å²) in [4.78, 5) is 15.4. The van der Waals surface area contributed by atoms with Gasteiger partial charge in [-0.1, -0.05) is 6.92 Å². The normalized spacial score (nSPS) is 18.1. The number of rotatable bonds is 3. The van der Waals surface area contributed by atoms with Crippen molar-refractivity contribution in [2.75, 3.05) is 0 Å². The van der Waals surface area contributed by atoms with E-state index in [1.54, 1.807) is 6.33 Å². The molecule has 0 radical (unpaired) electrons. The lowest BCUT2D eigenvalue weighted by atomic mass is 9.99. The summed E-state index contributed by atoms with van der Waals surface area (Å²) in [6, 6.07) is 0. The first-order valence-corrected chi connectivity index (χ1v) is 4.86. The number of imidazole rings is 1. The first-order chi connectivity index (χ1) is 6.62. The van der Waals surface area contributed by atoms with Gasteiger partial charge in [-0.3, -0.25) is 4.79 Å². The van der Waals surface area contributed by atoms with E-state index in [4.69, 9.17) is 0 Å². The number of nitrogens with zero attached hydrogens (tertiary/aromatic N) is 2. The minimum Gasteiger partial charge on any atom is -0.481 e. The Bertz CT molecular complexity index is 377. The Morgan fingerprint density at radius 2 is 2.36 bits per heavy atom. The molecule has 1 aliphatic carbocycles. The number of carboxylic acids is 1. The predicted octanol–water partition coefficient (Wildman–Crippen LogP) is 1.10. The van der Waals surface area contributed by atoms with Gasteiger partial charge in [0.25, 0.3) is 0 Å². The summed E-state index contributed by atoms with van der Waals surface area (Å²) >= 11 is 0. The fourth-order valence-corrected chi connectivity index (χ4v) is 2.03. The van der Waals surface area contributed by atoms with Gasteiger partial charge in [0.05, 0.1) is 17.7 Å². The number of aliphatic carboxylic acids is 1. The second kappa shape index (κ2) is 2.83. The largest absolute Gasteiger partial charge is 0.481 e. The van der Waals surface area contributed by atoms with Gasteiger partial charge in [0.2, 0.25) is 0 Å². The zero-order valence-corrected chi connectivity index (χ0v) is 8.45. The molecule has 4 heteroatoms. The smallest absolute Gasteiger partial charge is 0.315 e. The van der Waals surface area contributed by atoms with Gasteiger partial charge in [-0.15, -0.1) is 0 Å². The molecule has 1 saturated carbocycles. The fourth-order valence-electron chi connectivity index (χ4n) is 2.03. The molecular formula is C10H14N2O2. The molecule has 1 heterocycles. The summed E-state index contributed by atoms with van der Waals surface area (Å²) in [5.74, 6) is -0.712. The Morgan fingerprint density at radius 3 is 2.79 bits per heavy atom. The molecule has 0 amide bonds. The number of hydrogen-bond donors (Lipinski definition) is 1. The van der Waals surface area contributed by atoms with Crippen LogP contribution in [0.5, 0.6) is 0 Å². The SMILES string of the molecule is CCc1ncn(C)c1C1(C(=O)O)CC1. The molecule has 1 aromatic heterocycles. The lowest BCUT2D eigenvalue weighted by Gasteiger charge is -2.12. The van der Waals surface area contributed by atoms with Crippen LogP contribution in [0, 0.1) is 0 Å². The lowest BCUT2D eigenvalue weighted by Crippen LogP contribution is -2.23. The van der Waals surface area contributed by atoms with Gasteiger partial charge in [-0.05, 0) is 19.3 Å². The number of carboxylic acid groups (broad SMARTS) is 1. The molecule has 0 aliphatic heterocycles. The summed E-state index contributed by atoms with van der Waals surface area (Å²) in [5, 5.41) is 9.18. The van der Waals surface area contributed by atoms with E-state index in [2.05, 4.69) is 4.98 Å². The zero-order chi connectivity index (χ0) is 10.3. The summed E-state index contributed by atoms with van der Waals surface area (Å²) in [6.45, 7) is 2.00. The van der Waals surface area contributed by atoms with Crippen molar-refractivity contribution in [3.8, 4) is 0 Å². The van der Waals surface area contributed by atoms with Crippen LogP contribution in [0.1, 0.15) is 31.2 Å². The van der Waals surface area contributed by atoms with E-state index in [1.165, 1.54) is 0 Å². The van der Waals surface area contributed by atoms with Crippen LogP contribution in [0.4, 0.5) is 0 Å². The van der Waals surface area contributed by atoms with E-state index in [0.717, 1.165) is 30.7 Å². The van der Waals surface area contributed by atoms with Gasteiger partial charge >= 0.3 is 5.97 Å². The van der Waals surface area contributed by atoms with Gasteiger partial charge in [0, 0.05) is 7.05 Å². The Labute approximate surface area is 82.6 Å². The minimum atomic E-state index is -0.712. The van der Waals surface area contributed by atoms with E-state index in [0.29, 0.717) is 0 Å². The predicted molar refractivity (Wildman–Crippen MR) is 51.1 cm³/mol. The third-order valence-corrected chi connectivity index (χ3v) is 2.96. The molecule has 2 rings (SSSR count). The topological polar surface area (TPSA) is 55.1 Å². The minimum absolute atomic E-state index is 0.628. The highest BCUT2D eigenvalue weighted by Gasteiger charge is 2.54. The Morgan fingerprint density at radius 1 is 1.71 bits per heavy atom. The van der Waals surface area contributed by atoms with Gasteiger partial charge in [-0.25, -0.2) is 4.98 Å². The summed E-state index contributed by atoms with van der Waals surface area (Å²) in [7, 11) is 1.87. The van der Waals surface area contributed by atoms with Crippen molar-refractivity contribution in [1.29, 1.82) is 0 Å². The van der Waals surface area contributed by atoms with Gasteiger partial charge < -0.3 is 9.67 Å². The van der Waals surface area contributed by atoms with Crippen LogP contribution in [-0.4, -0.2) is 20.6 Å². The van der Waals surface area contributed by atoms with Crippen LogP contribution in [0.3, 0.4) is 0 Å². The van der Waals surface area contributed by atoms with Crippen LogP contribution in [-0.2, 0) is 23.7 Å². The molecule has 0 saturated heterocycles. The first-order valence-electron chi connectivity index (χ1n) is 4.86. The van der Waals surface area contributed by atoms with Crippen LogP contribution in [0.25, 0.3) is 0 Å². The third-order valence-electron chi connectivity index (χ3n) is 2.96. The van der Waals surface area contributed by atoms with Crippen molar-refractivity contribution >= 4 is 5.97 Å². The molecular weight excluding hydrogens is 180 g/mol. The number of hydrogen-bond acceptors (Lipinski definition) is 2. The lowest BCUT2D eigenvalue weighted by molar-refractivity contribution is -0.140. The molecule has 1 fully saturated rings. The summed E-state index contributed by atoms with van der Waals surface area (Å²) in [6.07, 6.45) is 3.99. The van der Waals surface area contributed by atoms with Crippen molar-refractivity contribution in [2.45, 2.75) is 31.6 Å². The third kappa shape index (κ3) is 1.06. The Kier molecular flexibility index (Phi) is 1.87. The van der Waals surface area contributed by atoms with E-state index >= 15 is 0 Å². The van der Waals surface area contributed by atoms with Crippen molar-refractivity contribution < 1.29 is 9.90 Å². The maximum Gasteiger partial charge on any atom is 0.315 e. The first kappa shape index (κ1) is 9.24. The molecule has 14 heavy (non-hydrogen) atoms. The molecule has 0 aromatic carbocycles. The quantitative estimate of drug-likeness (QED) is 0.783. The average molecular weight is 194 g/mol. The maximum atomic E-state index is 11.2. The highest BCUT2D eigenvalue weighted by Crippen LogP contribution is 2.49. The van der Waals surface area contributed by atoms with Crippen LogP contribution >= 0.6 is 0 Å². The summed E-state index contributed by atoms with van der Waals surface area (Å²) in [5.41, 5.74) is 1.19. The molecule has 0 unspecified atom stereocenters. The zero-order valence-electron chi connectivity index (χ0n) is 8.45. The number of carbonyl (C=O) groups is 1. The highest BCUT2D eigenvalue weighted by molar-refractivity contribution is 5.84. The van der Waals surface area contributed by atoms with Crippen LogP contribution in [0.2, 0.25) is 0 Å². The molecule has 0 spiro atoms. The average Bonchev–Trinajstić information content (AvgIpc) is 2.86. The maximum absolute atomic E-state index is 11.2. The molecule has 0 atom stereocenters. The number of aryl methyl sites for hydroxylation is 2. The second-order valence-corrected chi connectivity index (χ2v) is 3.89. The summed E-state index contributed by atoms with van der Waals surface area (Å²) < 4.78 is 1.85. The Balaban J connectivity index is 2.50. The standard InChI is InChI=1S/C10H14N2O2/c1-3-7-8(12(2)6-11-7)10(4-5-10)9(13)14/h6H,3-5H2,1-2H3,(H,13,14). The van der Waals surface area contributed by atoms with Gasteiger partial charge in [0.15, 0.2) is 0 Å². The second-order valence-electron chi connectivity index (χ2n) is 3.89. The number of aromatic nitrogens is 2. The molecule has 4 nitrogen and oxygen atoms in total. The monoisotopic (exact) mass is 194 g/mol. The van der Waals surface area contributed by atoms with E-state index in [9.17, 15) is 9.90 Å². The van der Waals surface area contributed by atoms with Crippen molar-refractivity contribution in [3.05, 3.63) is 17.7 Å². The van der Waals surface area contributed by atoms with E-state index < -0.39 is 11.4 Å². The molecule has 1 N–H and O–H groups in total. The molecule has 0 bridgehead atoms. The van der Waals surface area contributed by atoms with Crippen molar-refractivity contribution in [2.24, 2.45) is 7.05 Å². The van der Waals surface area contributed by atoms with Crippen LogP contribution in [0.15, 0.2) is 6.33 Å². The van der Waals surface area contributed by atoms with Crippen molar-refractivity contribution in [3.63, 3.8) is 0 Å². The van der Waals surface area contributed by atoms with Crippen LogP contribution < -0.4 is 0 Å². The van der Waals surface area contributed by atoms with E-state index in [1.807, 2.05) is 18.5 Å². The highest BCUT2D eigenvalue weighted by atomic mass is 16.4. The van der Waals surface area contributed by atoms with Gasteiger partial charge in [-0.2, -0.15) is 0 Å². The van der Waals surface area contributed by atoms with E-state index in [-0.39, 0.29) is 0 Å². The van der Waals surface area contributed by atoms with Gasteiger partial charge in [0.1, 0.15) is 5.41 Å². The fraction of sp³-hybridized carbons (Fsp3) is 0.600. The van der Waals surface area contributed by atoms with Crippen molar-refractivity contribution in [1.82, 2.24) is 9.55 Å². The Hall–Kier alpha value is -1.32. The molecule has 1 aromatic rings.